The lowest BCUT2D eigenvalue weighted by molar-refractivity contribution is -0.127. The summed E-state index contributed by atoms with van der Waals surface area (Å²) in [7, 11) is 0. The molecule has 8 heteroatoms. The molecule has 7 nitrogen and oxygen atoms in total. The number of carbonyl (C=O) groups excluding carboxylic acids is 1. The Morgan fingerprint density at radius 3 is 2.85 bits per heavy atom. The maximum atomic E-state index is 11.9. The molecule has 2 aliphatic rings. The van der Waals surface area contributed by atoms with Crippen LogP contribution in [0.4, 0.5) is 5.95 Å². The van der Waals surface area contributed by atoms with Crippen molar-refractivity contribution in [3.8, 4) is 11.3 Å². The second-order valence-electron chi connectivity index (χ2n) is 8.88. The normalized spacial score (nSPS) is 20.2. The van der Waals surface area contributed by atoms with Crippen LogP contribution in [0.2, 0.25) is 5.02 Å². The van der Waals surface area contributed by atoms with E-state index in [0.717, 1.165) is 74.0 Å². The summed E-state index contributed by atoms with van der Waals surface area (Å²) in [5.41, 5.74) is 2.77. The highest BCUT2D eigenvalue weighted by molar-refractivity contribution is 6.33. The smallest absolute Gasteiger partial charge is 0.245 e. The van der Waals surface area contributed by atoms with Crippen LogP contribution in [0, 0.1) is 0 Å². The zero-order valence-electron chi connectivity index (χ0n) is 18.6. The van der Waals surface area contributed by atoms with Crippen molar-refractivity contribution in [3.63, 3.8) is 0 Å². The molecule has 0 saturated carbocycles. The molecule has 2 aliphatic heterocycles. The quantitative estimate of drug-likeness (QED) is 0.549. The molecule has 2 N–H and O–H groups in total. The molecule has 4 heterocycles. The van der Waals surface area contributed by atoms with Gasteiger partial charge in [-0.1, -0.05) is 36.4 Å². The van der Waals surface area contributed by atoms with Crippen molar-refractivity contribution < 1.29 is 4.79 Å². The third kappa shape index (κ3) is 4.61. The topological polar surface area (TPSA) is 77.2 Å². The number of halogens is 1. The number of aromatic nitrogens is 3. The predicted molar refractivity (Wildman–Crippen MR) is 132 cm³/mol. The number of likely N-dealkylation sites (tertiary alicyclic amines) is 2. The highest BCUT2D eigenvalue weighted by atomic mass is 35.5. The summed E-state index contributed by atoms with van der Waals surface area (Å²) in [5.74, 6) is 0.649. The number of carbonyl (C=O) groups is 1. The van der Waals surface area contributed by atoms with E-state index in [1.54, 1.807) is 6.20 Å². The minimum absolute atomic E-state index is 0.0394. The van der Waals surface area contributed by atoms with Gasteiger partial charge < -0.3 is 15.2 Å². The summed E-state index contributed by atoms with van der Waals surface area (Å²) in [4.78, 5) is 28.9. The van der Waals surface area contributed by atoms with E-state index in [9.17, 15) is 4.79 Å². The lowest BCUT2D eigenvalue weighted by atomic mass is 9.98. The fourth-order valence-corrected chi connectivity index (χ4v) is 5.30. The fourth-order valence-electron chi connectivity index (χ4n) is 5.11. The number of fused-ring (bicyclic) bond motifs is 1. The molecular weight excluding hydrogens is 436 g/mol. The Hall–Kier alpha value is -2.90. The van der Waals surface area contributed by atoms with Crippen LogP contribution in [0.15, 0.2) is 49.3 Å². The van der Waals surface area contributed by atoms with E-state index in [1.165, 1.54) is 6.08 Å². The first-order valence-electron chi connectivity index (χ1n) is 11.6. The second-order valence-corrected chi connectivity index (χ2v) is 9.28. The standard InChI is InChI=1S/C25H29ClN6O/c1-2-23(33)31-12-9-18(10-13-31)32-11-5-6-17(16-32)29-25-28-15-21(26)24(30-25)20-14-27-22-8-4-3-7-19(20)22/h2-4,7-8,14-15,17-18,27H,1,5-6,9-13,16H2,(H,28,29,30)/t17-/m1/s1. The summed E-state index contributed by atoms with van der Waals surface area (Å²) in [6.07, 6.45) is 9.28. The molecule has 0 unspecified atom stereocenters. The summed E-state index contributed by atoms with van der Waals surface area (Å²) >= 11 is 6.49. The molecule has 0 aliphatic carbocycles. The average Bonchev–Trinajstić information content (AvgIpc) is 3.29. The second kappa shape index (κ2) is 9.53. The first-order valence-corrected chi connectivity index (χ1v) is 12.0. The van der Waals surface area contributed by atoms with E-state index in [0.29, 0.717) is 17.0 Å². The number of nitrogens with one attached hydrogen (secondary N) is 2. The zero-order valence-corrected chi connectivity index (χ0v) is 19.4. The number of hydrogen-bond acceptors (Lipinski definition) is 5. The molecular formula is C25H29ClN6O. The number of benzene rings is 1. The number of piperidine rings is 2. The third-order valence-electron chi connectivity index (χ3n) is 6.84. The van der Waals surface area contributed by atoms with Gasteiger partial charge in [-0.25, -0.2) is 9.97 Å². The molecule has 1 aromatic carbocycles. The van der Waals surface area contributed by atoms with Crippen molar-refractivity contribution in [2.45, 2.75) is 37.8 Å². The van der Waals surface area contributed by atoms with E-state index in [4.69, 9.17) is 16.6 Å². The first kappa shape index (κ1) is 21.9. The van der Waals surface area contributed by atoms with Crippen LogP contribution in [0.3, 0.4) is 0 Å². The monoisotopic (exact) mass is 464 g/mol. The van der Waals surface area contributed by atoms with E-state index in [-0.39, 0.29) is 11.9 Å². The Labute approximate surface area is 198 Å². The van der Waals surface area contributed by atoms with E-state index >= 15 is 0 Å². The third-order valence-corrected chi connectivity index (χ3v) is 7.12. The number of nitrogens with zero attached hydrogens (tertiary/aromatic N) is 4. The van der Waals surface area contributed by atoms with Gasteiger partial charge in [0.05, 0.1) is 16.9 Å². The largest absolute Gasteiger partial charge is 0.360 e. The Bertz CT molecular complexity index is 1150. The van der Waals surface area contributed by atoms with Crippen LogP contribution in [0.1, 0.15) is 25.7 Å². The van der Waals surface area contributed by atoms with Crippen LogP contribution in [0.25, 0.3) is 22.2 Å². The van der Waals surface area contributed by atoms with Crippen molar-refractivity contribution in [2.24, 2.45) is 0 Å². The molecule has 1 atom stereocenters. The van der Waals surface area contributed by atoms with Gasteiger partial charge in [-0.05, 0) is 44.4 Å². The summed E-state index contributed by atoms with van der Waals surface area (Å²) in [6, 6.07) is 8.93. The highest BCUT2D eigenvalue weighted by Gasteiger charge is 2.30. The molecule has 3 aromatic rings. The van der Waals surface area contributed by atoms with Crippen molar-refractivity contribution in [2.75, 3.05) is 31.5 Å². The molecule has 2 aromatic heterocycles. The summed E-state index contributed by atoms with van der Waals surface area (Å²) in [6.45, 7) is 7.26. The lowest BCUT2D eigenvalue weighted by Gasteiger charge is -2.42. The number of para-hydroxylation sites is 1. The van der Waals surface area contributed by atoms with Crippen LogP contribution in [-0.4, -0.2) is 68.9 Å². The van der Waals surface area contributed by atoms with Crippen molar-refractivity contribution in [1.82, 2.24) is 24.8 Å². The molecule has 2 saturated heterocycles. The van der Waals surface area contributed by atoms with Gasteiger partial charge in [0.15, 0.2) is 0 Å². The van der Waals surface area contributed by atoms with Crippen LogP contribution >= 0.6 is 11.6 Å². The number of H-pyrrole nitrogens is 1. The molecule has 0 spiro atoms. The van der Waals surface area contributed by atoms with E-state index in [1.807, 2.05) is 29.3 Å². The maximum Gasteiger partial charge on any atom is 0.245 e. The molecule has 5 rings (SSSR count). The van der Waals surface area contributed by atoms with Crippen molar-refractivity contribution in [3.05, 3.63) is 54.3 Å². The Morgan fingerprint density at radius 1 is 1.21 bits per heavy atom. The van der Waals surface area contributed by atoms with Gasteiger partial charge in [0.25, 0.3) is 0 Å². The van der Waals surface area contributed by atoms with Gasteiger partial charge in [0.2, 0.25) is 11.9 Å². The average molecular weight is 465 g/mol. The van der Waals surface area contributed by atoms with Crippen molar-refractivity contribution >= 4 is 34.4 Å². The van der Waals surface area contributed by atoms with Crippen LogP contribution < -0.4 is 5.32 Å². The molecule has 33 heavy (non-hydrogen) atoms. The van der Waals surface area contributed by atoms with Gasteiger partial charge in [-0.3, -0.25) is 9.69 Å². The van der Waals surface area contributed by atoms with Gasteiger partial charge in [0.1, 0.15) is 0 Å². The van der Waals surface area contributed by atoms with Crippen molar-refractivity contribution in [1.29, 1.82) is 0 Å². The van der Waals surface area contributed by atoms with Gasteiger partial charge in [0, 0.05) is 54.4 Å². The molecule has 1 amide bonds. The summed E-state index contributed by atoms with van der Waals surface area (Å²) < 4.78 is 0. The van der Waals surface area contributed by atoms with Gasteiger partial charge >= 0.3 is 0 Å². The Kier molecular flexibility index (Phi) is 6.33. The molecule has 0 bridgehead atoms. The van der Waals surface area contributed by atoms with E-state index in [2.05, 4.69) is 32.8 Å². The number of hydrogen-bond donors (Lipinski definition) is 2. The first-order chi connectivity index (χ1) is 16.1. The SMILES string of the molecule is C=CC(=O)N1CCC(N2CCC[C@@H](Nc3ncc(Cl)c(-c4c[nH]c5ccccc45)n3)C2)CC1. The molecule has 172 valence electrons. The summed E-state index contributed by atoms with van der Waals surface area (Å²) in [5, 5.41) is 5.18. The molecule has 0 radical (unpaired) electrons. The number of rotatable bonds is 5. The number of amides is 1. The van der Waals surface area contributed by atoms with Crippen LogP contribution in [0.5, 0.6) is 0 Å². The zero-order chi connectivity index (χ0) is 22.8. The van der Waals surface area contributed by atoms with Crippen LogP contribution in [-0.2, 0) is 4.79 Å². The Balaban J connectivity index is 1.27. The highest BCUT2D eigenvalue weighted by Crippen LogP contribution is 2.32. The lowest BCUT2D eigenvalue weighted by Crippen LogP contribution is -2.51. The minimum atomic E-state index is 0.0394. The molecule has 2 fully saturated rings. The minimum Gasteiger partial charge on any atom is -0.360 e. The van der Waals surface area contributed by atoms with Gasteiger partial charge in [-0.15, -0.1) is 0 Å². The maximum absolute atomic E-state index is 11.9. The Morgan fingerprint density at radius 2 is 2.03 bits per heavy atom. The fraction of sp³-hybridized carbons (Fsp3) is 0.400. The van der Waals surface area contributed by atoms with Gasteiger partial charge in [-0.2, -0.15) is 0 Å². The predicted octanol–water partition coefficient (Wildman–Crippen LogP) is 4.33. The number of aromatic amines is 1. The van der Waals surface area contributed by atoms with E-state index < -0.39 is 0 Å². The number of anilines is 1.